The Morgan fingerprint density at radius 3 is 2.90 bits per heavy atom. The lowest BCUT2D eigenvalue weighted by Crippen LogP contribution is -1.86. The summed E-state index contributed by atoms with van der Waals surface area (Å²) in [5.41, 5.74) is 0.865. The van der Waals surface area contributed by atoms with Crippen molar-refractivity contribution >= 4 is 27.5 Å². The van der Waals surface area contributed by atoms with Crippen molar-refractivity contribution in [1.29, 1.82) is 0 Å². The molecule has 1 aromatic carbocycles. The highest BCUT2D eigenvalue weighted by Crippen LogP contribution is 2.32. The third-order valence-corrected chi connectivity index (χ3v) is 3.38. The summed E-state index contributed by atoms with van der Waals surface area (Å²) in [7, 11) is 0. The SMILES string of the molecule is Oc1ccc(Br)cc1-c1nc(-c2ncccc2Cl)no1. The summed E-state index contributed by atoms with van der Waals surface area (Å²) >= 11 is 9.35. The third-order valence-electron chi connectivity index (χ3n) is 2.59. The number of pyridine rings is 1. The number of phenolic OH excluding ortho intramolecular Hbond substituents is 1. The highest BCUT2D eigenvalue weighted by molar-refractivity contribution is 9.10. The van der Waals surface area contributed by atoms with Crippen LogP contribution in [0.5, 0.6) is 5.75 Å². The zero-order valence-corrected chi connectivity index (χ0v) is 12.3. The summed E-state index contributed by atoms with van der Waals surface area (Å²) in [4.78, 5) is 8.31. The van der Waals surface area contributed by atoms with Crippen LogP contribution in [0, 0.1) is 0 Å². The van der Waals surface area contributed by atoms with Gasteiger partial charge in [0.2, 0.25) is 5.82 Å². The normalized spacial score (nSPS) is 10.7. The van der Waals surface area contributed by atoms with E-state index in [2.05, 4.69) is 31.1 Å². The quantitative estimate of drug-likeness (QED) is 0.757. The number of halogens is 2. The van der Waals surface area contributed by atoms with Crippen molar-refractivity contribution in [1.82, 2.24) is 15.1 Å². The lowest BCUT2D eigenvalue weighted by molar-refractivity contribution is 0.425. The van der Waals surface area contributed by atoms with Crippen LogP contribution in [0.15, 0.2) is 45.5 Å². The monoisotopic (exact) mass is 351 g/mol. The highest BCUT2D eigenvalue weighted by Gasteiger charge is 2.16. The van der Waals surface area contributed by atoms with E-state index in [4.69, 9.17) is 16.1 Å². The molecule has 100 valence electrons. The number of aromatic hydroxyl groups is 1. The van der Waals surface area contributed by atoms with Gasteiger partial charge in [-0.1, -0.05) is 32.7 Å². The number of hydrogen-bond acceptors (Lipinski definition) is 5. The summed E-state index contributed by atoms with van der Waals surface area (Å²) < 4.78 is 5.95. The van der Waals surface area contributed by atoms with Crippen LogP contribution in [0.3, 0.4) is 0 Å². The Hall–Kier alpha value is -1.92. The Labute approximate surface area is 127 Å². The molecule has 0 saturated carbocycles. The molecule has 1 N–H and O–H groups in total. The molecule has 0 aliphatic carbocycles. The van der Waals surface area contributed by atoms with Crippen LogP contribution in [-0.4, -0.2) is 20.2 Å². The van der Waals surface area contributed by atoms with Crippen molar-refractivity contribution < 1.29 is 9.63 Å². The Morgan fingerprint density at radius 2 is 2.10 bits per heavy atom. The van der Waals surface area contributed by atoms with Gasteiger partial charge in [-0.15, -0.1) is 0 Å². The Kier molecular flexibility index (Phi) is 3.42. The summed E-state index contributed by atoms with van der Waals surface area (Å²) in [6, 6.07) is 8.35. The zero-order valence-electron chi connectivity index (χ0n) is 9.92. The molecule has 0 aliphatic heterocycles. The van der Waals surface area contributed by atoms with Gasteiger partial charge in [0.15, 0.2) is 0 Å². The number of benzene rings is 1. The van der Waals surface area contributed by atoms with Gasteiger partial charge in [0.25, 0.3) is 5.89 Å². The first kappa shape index (κ1) is 13.1. The summed E-state index contributed by atoms with van der Waals surface area (Å²) in [6.45, 7) is 0. The highest BCUT2D eigenvalue weighted by atomic mass is 79.9. The minimum absolute atomic E-state index is 0.0514. The van der Waals surface area contributed by atoms with Crippen molar-refractivity contribution in [3.05, 3.63) is 46.0 Å². The van der Waals surface area contributed by atoms with Gasteiger partial charge in [-0.2, -0.15) is 4.98 Å². The van der Waals surface area contributed by atoms with E-state index in [0.29, 0.717) is 16.3 Å². The van der Waals surface area contributed by atoms with E-state index in [-0.39, 0.29) is 17.5 Å². The maximum absolute atomic E-state index is 9.83. The van der Waals surface area contributed by atoms with E-state index < -0.39 is 0 Å². The summed E-state index contributed by atoms with van der Waals surface area (Å²) in [6.07, 6.45) is 1.59. The molecule has 0 bridgehead atoms. The number of hydrogen-bond donors (Lipinski definition) is 1. The molecule has 0 amide bonds. The number of aromatic nitrogens is 3. The standard InChI is InChI=1S/C13H7BrClN3O2/c14-7-3-4-10(19)8(6-7)13-17-12(18-20-13)11-9(15)2-1-5-16-11/h1-6,19H. The van der Waals surface area contributed by atoms with Crippen LogP contribution in [0.2, 0.25) is 5.02 Å². The maximum Gasteiger partial charge on any atom is 0.262 e. The molecule has 0 aliphatic rings. The fraction of sp³-hybridized carbons (Fsp3) is 0. The minimum Gasteiger partial charge on any atom is -0.507 e. The second kappa shape index (κ2) is 5.22. The van der Waals surface area contributed by atoms with Crippen LogP contribution in [0.25, 0.3) is 23.0 Å². The second-order valence-electron chi connectivity index (χ2n) is 3.92. The average Bonchev–Trinajstić information content (AvgIpc) is 2.91. The van der Waals surface area contributed by atoms with E-state index in [9.17, 15) is 5.11 Å². The number of nitrogens with zero attached hydrogens (tertiary/aromatic N) is 3. The van der Waals surface area contributed by atoms with Crippen LogP contribution in [-0.2, 0) is 0 Å². The Balaban J connectivity index is 2.07. The van der Waals surface area contributed by atoms with E-state index in [1.807, 2.05) is 0 Å². The van der Waals surface area contributed by atoms with E-state index in [1.54, 1.807) is 30.5 Å². The van der Waals surface area contributed by atoms with Crippen LogP contribution in [0.1, 0.15) is 0 Å². The maximum atomic E-state index is 9.83. The topological polar surface area (TPSA) is 72.0 Å². The lowest BCUT2D eigenvalue weighted by Gasteiger charge is -1.99. The van der Waals surface area contributed by atoms with E-state index >= 15 is 0 Å². The molecule has 0 spiro atoms. The number of rotatable bonds is 2. The fourth-order valence-electron chi connectivity index (χ4n) is 1.66. The van der Waals surface area contributed by atoms with Crippen molar-refractivity contribution in [2.24, 2.45) is 0 Å². The van der Waals surface area contributed by atoms with Gasteiger partial charge in [-0.3, -0.25) is 4.98 Å². The molecular weight excluding hydrogens is 346 g/mol. The van der Waals surface area contributed by atoms with Gasteiger partial charge in [-0.05, 0) is 30.3 Å². The smallest absolute Gasteiger partial charge is 0.262 e. The molecule has 0 radical (unpaired) electrons. The van der Waals surface area contributed by atoms with Crippen LogP contribution < -0.4 is 0 Å². The van der Waals surface area contributed by atoms with Gasteiger partial charge in [0.05, 0.1) is 10.6 Å². The molecule has 0 fully saturated rings. The molecule has 2 heterocycles. The molecule has 2 aromatic heterocycles. The van der Waals surface area contributed by atoms with Crippen LogP contribution in [0.4, 0.5) is 0 Å². The van der Waals surface area contributed by atoms with Gasteiger partial charge in [-0.25, -0.2) is 0 Å². The molecule has 5 nitrogen and oxygen atoms in total. The Morgan fingerprint density at radius 1 is 1.25 bits per heavy atom. The van der Waals surface area contributed by atoms with E-state index in [0.717, 1.165) is 4.47 Å². The molecular formula is C13H7BrClN3O2. The van der Waals surface area contributed by atoms with Gasteiger partial charge in [0.1, 0.15) is 11.4 Å². The first-order chi connectivity index (χ1) is 9.65. The van der Waals surface area contributed by atoms with Crippen molar-refractivity contribution in [2.75, 3.05) is 0 Å². The molecule has 0 unspecified atom stereocenters. The molecule has 3 aromatic rings. The summed E-state index contributed by atoms with van der Waals surface area (Å²) in [5, 5.41) is 14.1. The lowest BCUT2D eigenvalue weighted by atomic mass is 10.2. The Bertz CT molecular complexity index is 776. The van der Waals surface area contributed by atoms with Crippen molar-refractivity contribution in [3.8, 4) is 28.7 Å². The molecule has 7 heteroatoms. The van der Waals surface area contributed by atoms with Crippen molar-refractivity contribution in [2.45, 2.75) is 0 Å². The van der Waals surface area contributed by atoms with Crippen molar-refractivity contribution in [3.63, 3.8) is 0 Å². The molecule has 0 saturated heterocycles. The largest absolute Gasteiger partial charge is 0.507 e. The minimum atomic E-state index is 0.0514. The number of phenols is 1. The zero-order chi connectivity index (χ0) is 14.1. The predicted molar refractivity (Wildman–Crippen MR) is 77.3 cm³/mol. The van der Waals surface area contributed by atoms with Crippen LogP contribution >= 0.6 is 27.5 Å². The average molecular weight is 353 g/mol. The predicted octanol–water partition coefficient (Wildman–Crippen LogP) is 3.92. The fourth-order valence-corrected chi connectivity index (χ4v) is 2.23. The van der Waals surface area contributed by atoms with E-state index in [1.165, 1.54) is 6.07 Å². The van der Waals surface area contributed by atoms with Gasteiger partial charge >= 0.3 is 0 Å². The first-order valence-corrected chi connectivity index (χ1v) is 6.76. The molecule has 3 rings (SSSR count). The first-order valence-electron chi connectivity index (χ1n) is 5.58. The molecule has 0 atom stereocenters. The third kappa shape index (κ3) is 2.39. The summed E-state index contributed by atoms with van der Waals surface area (Å²) in [5.74, 6) is 0.515. The van der Waals surface area contributed by atoms with Gasteiger partial charge in [0, 0.05) is 10.7 Å². The molecule has 20 heavy (non-hydrogen) atoms. The van der Waals surface area contributed by atoms with Gasteiger partial charge < -0.3 is 9.63 Å². The second-order valence-corrected chi connectivity index (χ2v) is 5.24.